The summed E-state index contributed by atoms with van der Waals surface area (Å²) in [5, 5.41) is 13.1. The predicted octanol–water partition coefficient (Wildman–Crippen LogP) is 3.13. The van der Waals surface area contributed by atoms with Crippen LogP contribution in [0, 0.1) is 0 Å². The average molecular weight is 252 g/mol. The number of phenolic OH excluding ortho intramolecular Hbond substituents is 1. The molecule has 0 saturated carbocycles. The second-order valence-electron chi connectivity index (χ2n) is 4.27. The van der Waals surface area contributed by atoms with E-state index >= 15 is 0 Å². The van der Waals surface area contributed by atoms with Crippen LogP contribution in [0.25, 0.3) is 10.9 Å². The number of hydrogen-bond donors (Lipinski definition) is 3. The molecule has 1 aromatic heterocycles. The maximum absolute atomic E-state index is 12.1. The number of rotatable bonds is 2. The molecule has 3 rings (SSSR count). The summed E-state index contributed by atoms with van der Waals surface area (Å²) in [7, 11) is 0. The number of aromatic nitrogens is 1. The highest BCUT2D eigenvalue weighted by Gasteiger charge is 2.09. The molecule has 0 radical (unpaired) electrons. The normalized spacial score (nSPS) is 10.5. The number of anilines is 1. The third-order valence-electron chi connectivity index (χ3n) is 2.88. The molecule has 0 unspecified atom stereocenters. The van der Waals surface area contributed by atoms with Crippen LogP contribution in [0.3, 0.4) is 0 Å². The fourth-order valence-corrected chi connectivity index (χ4v) is 1.98. The number of hydrogen-bond acceptors (Lipinski definition) is 2. The van der Waals surface area contributed by atoms with E-state index in [1.807, 2.05) is 24.3 Å². The smallest absolute Gasteiger partial charge is 0.272 e. The Hall–Kier alpha value is -2.75. The minimum Gasteiger partial charge on any atom is -0.508 e. The van der Waals surface area contributed by atoms with Gasteiger partial charge in [0.2, 0.25) is 0 Å². The number of H-pyrrole nitrogens is 1. The zero-order valence-corrected chi connectivity index (χ0v) is 10.1. The summed E-state index contributed by atoms with van der Waals surface area (Å²) in [5.74, 6) is -0.115. The van der Waals surface area contributed by atoms with Crippen LogP contribution in [-0.4, -0.2) is 16.0 Å². The van der Waals surface area contributed by atoms with Gasteiger partial charge >= 0.3 is 0 Å². The first-order valence-electron chi connectivity index (χ1n) is 5.90. The summed E-state index contributed by atoms with van der Waals surface area (Å²) in [6.07, 6.45) is 0. The topological polar surface area (TPSA) is 65.1 Å². The molecule has 1 heterocycles. The molecular formula is C15H12N2O2. The summed E-state index contributed by atoms with van der Waals surface area (Å²) in [6.45, 7) is 0. The van der Waals surface area contributed by atoms with E-state index in [9.17, 15) is 9.90 Å². The van der Waals surface area contributed by atoms with Crippen LogP contribution >= 0.6 is 0 Å². The lowest BCUT2D eigenvalue weighted by molar-refractivity contribution is 0.102. The van der Waals surface area contributed by atoms with Gasteiger partial charge in [0.25, 0.3) is 5.91 Å². The summed E-state index contributed by atoms with van der Waals surface area (Å²) < 4.78 is 0. The fourth-order valence-electron chi connectivity index (χ4n) is 1.98. The lowest BCUT2D eigenvalue weighted by atomic mass is 10.2. The molecule has 0 aliphatic rings. The Morgan fingerprint density at radius 2 is 1.89 bits per heavy atom. The second kappa shape index (κ2) is 4.49. The van der Waals surface area contributed by atoms with Gasteiger partial charge < -0.3 is 15.4 Å². The molecule has 0 aliphatic carbocycles. The Morgan fingerprint density at radius 3 is 2.68 bits per heavy atom. The third kappa shape index (κ3) is 2.28. The molecule has 0 atom stereocenters. The van der Waals surface area contributed by atoms with Gasteiger partial charge in [-0.1, -0.05) is 24.3 Å². The van der Waals surface area contributed by atoms with Crippen LogP contribution in [0.4, 0.5) is 5.69 Å². The predicted molar refractivity (Wildman–Crippen MR) is 74.4 cm³/mol. The van der Waals surface area contributed by atoms with Gasteiger partial charge in [0, 0.05) is 22.7 Å². The monoisotopic (exact) mass is 252 g/mol. The zero-order chi connectivity index (χ0) is 13.2. The number of nitrogens with one attached hydrogen (secondary N) is 2. The van der Waals surface area contributed by atoms with E-state index in [1.165, 1.54) is 6.07 Å². The van der Waals surface area contributed by atoms with Crippen LogP contribution in [0.2, 0.25) is 0 Å². The van der Waals surface area contributed by atoms with E-state index in [1.54, 1.807) is 24.3 Å². The van der Waals surface area contributed by atoms with Gasteiger partial charge in [-0.2, -0.15) is 0 Å². The number of phenols is 1. The second-order valence-corrected chi connectivity index (χ2v) is 4.27. The standard InChI is InChI=1S/C15H12N2O2/c18-12-6-3-5-11(9-12)16-15(19)14-8-10-4-1-2-7-13(10)17-14/h1-9,17-18H,(H,16,19). The van der Waals surface area contributed by atoms with E-state index < -0.39 is 0 Å². The van der Waals surface area contributed by atoms with Gasteiger partial charge in [0.1, 0.15) is 11.4 Å². The minimum atomic E-state index is -0.234. The Bertz CT molecular complexity index is 713. The number of aromatic hydroxyl groups is 1. The summed E-state index contributed by atoms with van der Waals surface area (Å²) in [4.78, 5) is 15.1. The van der Waals surface area contributed by atoms with Crippen molar-refractivity contribution in [3.63, 3.8) is 0 Å². The molecule has 0 spiro atoms. The van der Waals surface area contributed by atoms with E-state index in [2.05, 4.69) is 10.3 Å². The number of aromatic amines is 1. The van der Waals surface area contributed by atoms with Crippen molar-refractivity contribution in [2.24, 2.45) is 0 Å². The number of para-hydroxylation sites is 1. The number of amides is 1. The highest BCUT2D eigenvalue weighted by Crippen LogP contribution is 2.18. The van der Waals surface area contributed by atoms with Gasteiger partial charge in [0.05, 0.1) is 0 Å². The molecule has 0 bridgehead atoms. The van der Waals surface area contributed by atoms with Gasteiger partial charge in [-0.15, -0.1) is 0 Å². The first-order chi connectivity index (χ1) is 9.22. The van der Waals surface area contributed by atoms with E-state index in [-0.39, 0.29) is 11.7 Å². The van der Waals surface area contributed by atoms with Crippen LogP contribution in [-0.2, 0) is 0 Å². The van der Waals surface area contributed by atoms with Crippen LogP contribution < -0.4 is 5.32 Å². The van der Waals surface area contributed by atoms with Crippen molar-refractivity contribution in [2.45, 2.75) is 0 Å². The molecule has 0 aliphatic heterocycles. The lowest BCUT2D eigenvalue weighted by Crippen LogP contribution is -2.11. The summed E-state index contributed by atoms with van der Waals surface area (Å²) in [5.41, 5.74) is 1.97. The van der Waals surface area contributed by atoms with Crippen molar-refractivity contribution in [2.75, 3.05) is 5.32 Å². The fraction of sp³-hybridized carbons (Fsp3) is 0. The van der Waals surface area contributed by atoms with Crippen LogP contribution in [0.5, 0.6) is 5.75 Å². The molecule has 3 aromatic rings. The maximum Gasteiger partial charge on any atom is 0.272 e. The van der Waals surface area contributed by atoms with Crippen molar-refractivity contribution in [3.05, 3.63) is 60.3 Å². The van der Waals surface area contributed by atoms with E-state index in [0.717, 1.165) is 10.9 Å². The SMILES string of the molecule is O=C(Nc1cccc(O)c1)c1cc2ccccc2[nH]1. The van der Waals surface area contributed by atoms with Crippen molar-refractivity contribution >= 4 is 22.5 Å². The van der Waals surface area contributed by atoms with E-state index in [4.69, 9.17) is 0 Å². The van der Waals surface area contributed by atoms with Crippen LogP contribution in [0.1, 0.15) is 10.5 Å². The maximum atomic E-state index is 12.1. The Balaban J connectivity index is 1.87. The van der Waals surface area contributed by atoms with Gasteiger partial charge in [0.15, 0.2) is 0 Å². The molecule has 0 fully saturated rings. The summed E-state index contributed by atoms with van der Waals surface area (Å²) in [6, 6.07) is 15.9. The highest BCUT2D eigenvalue weighted by molar-refractivity contribution is 6.05. The molecule has 19 heavy (non-hydrogen) atoms. The Morgan fingerprint density at radius 1 is 1.05 bits per heavy atom. The number of carbonyl (C=O) groups is 1. The molecule has 0 saturated heterocycles. The number of carbonyl (C=O) groups excluding carboxylic acids is 1. The molecule has 4 heteroatoms. The molecule has 2 aromatic carbocycles. The number of benzene rings is 2. The third-order valence-corrected chi connectivity index (χ3v) is 2.88. The van der Waals surface area contributed by atoms with Crippen molar-refractivity contribution in [1.82, 2.24) is 4.98 Å². The first-order valence-corrected chi connectivity index (χ1v) is 5.90. The molecular weight excluding hydrogens is 240 g/mol. The quantitative estimate of drug-likeness (QED) is 0.656. The average Bonchev–Trinajstić information content (AvgIpc) is 2.82. The summed E-state index contributed by atoms with van der Waals surface area (Å²) >= 11 is 0. The largest absolute Gasteiger partial charge is 0.508 e. The van der Waals surface area contributed by atoms with Crippen molar-refractivity contribution in [3.8, 4) is 5.75 Å². The van der Waals surface area contributed by atoms with Crippen LogP contribution in [0.15, 0.2) is 54.6 Å². The zero-order valence-electron chi connectivity index (χ0n) is 10.1. The Labute approximate surface area is 109 Å². The van der Waals surface area contributed by atoms with E-state index in [0.29, 0.717) is 11.4 Å². The van der Waals surface area contributed by atoms with Gasteiger partial charge in [-0.25, -0.2) is 0 Å². The molecule has 1 amide bonds. The van der Waals surface area contributed by atoms with Crippen molar-refractivity contribution in [1.29, 1.82) is 0 Å². The van der Waals surface area contributed by atoms with Gasteiger partial charge in [-0.3, -0.25) is 4.79 Å². The van der Waals surface area contributed by atoms with Crippen molar-refractivity contribution < 1.29 is 9.90 Å². The lowest BCUT2D eigenvalue weighted by Gasteiger charge is -2.03. The highest BCUT2D eigenvalue weighted by atomic mass is 16.3. The Kier molecular flexibility index (Phi) is 2.68. The molecule has 94 valence electrons. The minimum absolute atomic E-state index is 0.120. The molecule has 3 N–H and O–H groups in total. The number of fused-ring (bicyclic) bond motifs is 1. The van der Waals surface area contributed by atoms with Gasteiger partial charge in [-0.05, 0) is 24.3 Å². The molecule has 4 nitrogen and oxygen atoms in total. The first kappa shape index (κ1) is 11.3.